The van der Waals surface area contributed by atoms with Crippen molar-refractivity contribution in [2.75, 3.05) is 45.0 Å². The molecule has 0 radical (unpaired) electrons. The van der Waals surface area contributed by atoms with Crippen LogP contribution in [0.2, 0.25) is 0 Å². The zero-order chi connectivity index (χ0) is 18.2. The number of amides is 1. The highest BCUT2D eigenvalue weighted by molar-refractivity contribution is 5.78. The van der Waals surface area contributed by atoms with Gasteiger partial charge in [-0.1, -0.05) is 42.5 Å². The molecule has 1 saturated heterocycles. The molecule has 1 aliphatic rings. The number of piperazine rings is 1. The lowest BCUT2D eigenvalue weighted by molar-refractivity contribution is -0.122. The molecule has 1 amide bonds. The van der Waals surface area contributed by atoms with Gasteiger partial charge in [-0.3, -0.25) is 14.6 Å². The number of anilines is 1. The quantitative estimate of drug-likeness (QED) is 0.745. The maximum absolute atomic E-state index is 12.1. The number of nitrogens with zero attached hydrogens (tertiary/aromatic N) is 2. The van der Waals surface area contributed by atoms with E-state index < -0.39 is 0 Å². The van der Waals surface area contributed by atoms with Crippen LogP contribution in [-0.4, -0.2) is 55.0 Å². The average molecular weight is 352 g/mol. The number of hydrogen-bond donors (Lipinski definition) is 2. The van der Waals surface area contributed by atoms with Crippen LogP contribution in [0.3, 0.4) is 0 Å². The summed E-state index contributed by atoms with van der Waals surface area (Å²) in [5.41, 5.74) is 8.99. The summed E-state index contributed by atoms with van der Waals surface area (Å²) in [6.07, 6.45) is 0.830. The van der Waals surface area contributed by atoms with Gasteiger partial charge >= 0.3 is 0 Å². The van der Waals surface area contributed by atoms with Crippen molar-refractivity contribution in [3.8, 4) is 0 Å². The number of carbonyl (C=O) groups excluding carboxylic acids is 1. The molecule has 0 saturated carbocycles. The highest BCUT2D eigenvalue weighted by Gasteiger charge is 2.18. The van der Waals surface area contributed by atoms with Gasteiger partial charge in [0, 0.05) is 45.0 Å². The summed E-state index contributed by atoms with van der Waals surface area (Å²) in [7, 11) is 0. The molecule has 0 atom stereocenters. The van der Waals surface area contributed by atoms with E-state index in [2.05, 4.69) is 39.4 Å². The number of nitrogen functional groups attached to an aromatic ring is 1. The number of hydrogen-bond acceptors (Lipinski definition) is 4. The number of benzene rings is 2. The molecule has 1 fully saturated rings. The maximum Gasteiger partial charge on any atom is 0.234 e. The summed E-state index contributed by atoms with van der Waals surface area (Å²) in [5, 5.41) is 3.02. The lowest BCUT2D eigenvalue weighted by Gasteiger charge is -2.34. The van der Waals surface area contributed by atoms with Gasteiger partial charge in [0.2, 0.25) is 5.91 Å². The standard InChI is InChI=1S/C21H28N4O/c22-20-8-6-18(7-9-20)10-11-23-21(26)17-25-14-12-24(13-15-25)16-19-4-2-1-3-5-19/h1-9H,10-17,22H2,(H,23,26). The van der Waals surface area contributed by atoms with Gasteiger partial charge in [0.15, 0.2) is 0 Å². The van der Waals surface area contributed by atoms with E-state index in [1.54, 1.807) is 0 Å². The summed E-state index contributed by atoms with van der Waals surface area (Å²) >= 11 is 0. The Morgan fingerprint density at radius 2 is 1.54 bits per heavy atom. The normalized spacial score (nSPS) is 15.7. The van der Waals surface area contributed by atoms with Gasteiger partial charge in [0.05, 0.1) is 6.54 Å². The second-order valence-electron chi connectivity index (χ2n) is 6.88. The molecule has 1 heterocycles. The SMILES string of the molecule is Nc1ccc(CCNC(=O)CN2CCN(Cc3ccccc3)CC2)cc1. The molecule has 5 heteroatoms. The zero-order valence-corrected chi connectivity index (χ0v) is 15.2. The minimum atomic E-state index is 0.108. The second-order valence-corrected chi connectivity index (χ2v) is 6.88. The molecule has 0 aromatic heterocycles. The number of rotatable bonds is 7. The van der Waals surface area contributed by atoms with E-state index in [0.29, 0.717) is 13.1 Å². The largest absolute Gasteiger partial charge is 0.399 e. The molecular weight excluding hydrogens is 324 g/mol. The van der Waals surface area contributed by atoms with Gasteiger partial charge in [0.25, 0.3) is 0 Å². The van der Waals surface area contributed by atoms with E-state index in [4.69, 9.17) is 5.73 Å². The van der Waals surface area contributed by atoms with Gasteiger partial charge < -0.3 is 11.1 Å². The third-order valence-corrected chi connectivity index (χ3v) is 4.80. The average Bonchev–Trinajstić information content (AvgIpc) is 2.66. The minimum absolute atomic E-state index is 0.108. The Bertz CT molecular complexity index is 679. The molecule has 3 N–H and O–H groups in total. The van der Waals surface area contributed by atoms with Crippen LogP contribution in [0.15, 0.2) is 54.6 Å². The van der Waals surface area contributed by atoms with Crippen molar-refractivity contribution in [3.63, 3.8) is 0 Å². The van der Waals surface area contributed by atoms with Crippen LogP contribution in [0.25, 0.3) is 0 Å². The highest BCUT2D eigenvalue weighted by Crippen LogP contribution is 2.08. The molecule has 0 unspecified atom stereocenters. The van der Waals surface area contributed by atoms with Crippen molar-refractivity contribution in [2.45, 2.75) is 13.0 Å². The Hall–Kier alpha value is -2.37. The molecule has 2 aromatic carbocycles. The summed E-state index contributed by atoms with van der Waals surface area (Å²) in [6, 6.07) is 18.4. The van der Waals surface area contributed by atoms with Crippen LogP contribution in [0.4, 0.5) is 5.69 Å². The van der Waals surface area contributed by atoms with Gasteiger partial charge in [0.1, 0.15) is 0 Å². The summed E-state index contributed by atoms with van der Waals surface area (Å²) in [5.74, 6) is 0.108. The van der Waals surface area contributed by atoms with Crippen LogP contribution in [0.1, 0.15) is 11.1 Å². The van der Waals surface area contributed by atoms with E-state index in [1.165, 1.54) is 11.1 Å². The Morgan fingerprint density at radius 1 is 0.885 bits per heavy atom. The fraction of sp³-hybridized carbons (Fsp3) is 0.381. The van der Waals surface area contributed by atoms with E-state index in [0.717, 1.165) is 44.8 Å². The summed E-state index contributed by atoms with van der Waals surface area (Å²) < 4.78 is 0. The van der Waals surface area contributed by atoms with Crippen LogP contribution in [0, 0.1) is 0 Å². The molecule has 5 nitrogen and oxygen atoms in total. The van der Waals surface area contributed by atoms with Gasteiger partial charge in [-0.15, -0.1) is 0 Å². The Kier molecular flexibility index (Phi) is 6.63. The molecule has 1 aliphatic heterocycles. The third kappa shape index (κ3) is 5.86. The monoisotopic (exact) mass is 352 g/mol. The summed E-state index contributed by atoms with van der Waals surface area (Å²) in [4.78, 5) is 16.8. The molecule has 3 rings (SSSR count). The van der Waals surface area contributed by atoms with Gasteiger partial charge in [-0.25, -0.2) is 0 Å². The smallest absolute Gasteiger partial charge is 0.234 e. The lowest BCUT2D eigenvalue weighted by Crippen LogP contribution is -2.49. The molecule has 26 heavy (non-hydrogen) atoms. The first-order valence-corrected chi connectivity index (χ1v) is 9.29. The minimum Gasteiger partial charge on any atom is -0.399 e. The molecule has 2 aromatic rings. The first kappa shape index (κ1) is 18.4. The Balaban J connectivity index is 1.32. The van der Waals surface area contributed by atoms with E-state index in [1.807, 2.05) is 30.3 Å². The van der Waals surface area contributed by atoms with Crippen LogP contribution in [-0.2, 0) is 17.8 Å². The summed E-state index contributed by atoms with van der Waals surface area (Å²) in [6.45, 7) is 6.04. The van der Waals surface area contributed by atoms with Gasteiger partial charge in [-0.2, -0.15) is 0 Å². The molecule has 0 spiro atoms. The van der Waals surface area contributed by atoms with Crippen LogP contribution >= 0.6 is 0 Å². The van der Waals surface area contributed by atoms with Crippen molar-refractivity contribution >= 4 is 11.6 Å². The number of nitrogens with two attached hydrogens (primary N) is 1. The van der Waals surface area contributed by atoms with Gasteiger partial charge in [-0.05, 0) is 29.7 Å². The fourth-order valence-electron chi connectivity index (χ4n) is 3.24. The van der Waals surface area contributed by atoms with Crippen LogP contribution < -0.4 is 11.1 Å². The number of carbonyl (C=O) groups is 1. The highest BCUT2D eigenvalue weighted by atomic mass is 16.2. The van der Waals surface area contributed by atoms with Crippen molar-refractivity contribution in [1.29, 1.82) is 0 Å². The van der Waals surface area contributed by atoms with Crippen molar-refractivity contribution in [1.82, 2.24) is 15.1 Å². The lowest BCUT2D eigenvalue weighted by atomic mass is 10.1. The fourth-order valence-corrected chi connectivity index (χ4v) is 3.24. The molecule has 138 valence electrons. The van der Waals surface area contributed by atoms with E-state index in [-0.39, 0.29) is 5.91 Å². The first-order chi connectivity index (χ1) is 12.7. The van der Waals surface area contributed by atoms with Crippen molar-refractivity contribution in [3.05, 3.63) is 65.7 Å². The van der Waals surface area contributed by atoms with Crippen molar-refractivity contribution < 1.29 is 4.79 Å². The van der Waals surface area contributed by atoms with E-state index in [9.17, 15) is 4.79 Å². The predicted octanol–water partition coefficient (Wildman–Crippen LogP) is 1.75. The Morgan fingerprint density at radius 3 is 2.23 bits per heavy atom. The zero-order valence-electron chi connectivity index (χ0n) is 15.2. The molecular formula is C21H28N4O. The molecule has 0 aliphatic carbocycles. The maximum atomic E-state index is 12.1. The molecule has 0 bridgehead atoms. The third-order valence-electron chi connectivity index (χ3n) is 4.80. The van der Waals surface area contributed by atoms with Crippen molar-refractivity contribution in [2.24, 2.45) is 0 Å². The number of nitrogens with one attached hydrogen (secondary N) is 1. The Labute approximate surface area is 155 Å². The predicted molar refractivity (Wildman–Crippen MR) is 106 cm³/mol. The topological polar surface area (TPSA) is 61.6 Å². The van der Waals surface area contributed by atoms with E-state index >= 15 is 0 Å². The first-order valence-electron chi connectivity index (χ1n) is 9.29. The second kappa shape index (κ2) is 9.36. The van der Waals surface area contributed by atoms with Crippen LogP contribution in [0.5, 0.6) is 0 Å².